The van der Waals surface area contributed by atoms with Crippen LogP contribution in [-0.2, 0) is 11.2 Å². The lowest BCUT2D eigenvalue weighted by molar-refractivity contribution is -0.121. The Kier molecular flexibility index (Phi) is 4.95. The minimum absolute atomic E-state index is 0.244. The van der Waals surface area contributed by atoms with Crippen molar-refractivity contribution in [1.82, 2.24) is 10.9 Å². The van der Waals surface area contributed by atoms with Crippen LogP contribution < -0.4 is 10.9 Å². The molecule has 2 rings (SSSR count). The number of amides is 2. The van der Waals surface area contributed by atoms with Crippen molar-refractivity contribution in [3.8, 4) is 0 Å². The summed E-state index contributed by atoms with van der Waals surface area (Å²) in [7, 11) is 0. The molecule has 0 bridgehead atoms. The molecule has 0 saturated carbocycles. The number of carbonyl (C=O) groups is 2. The van der Waals surface area contributed by atoms with Gasteiger partial charge >= 0.3 is 0 Å². The normalized spacial score (nSPS) is 10.1. The number of nitrogens with one attached hydrogen (secondary N) is 2. The number of halogens is 1. The van der Waals surface area contributed by atoms with Crippen LogP contribution in [0.3, 0.4) is 0 Å². The monoisotopic (exact) mass is 336 g/mol. The molecule has 0 aliphatic rings. The average molecular weight is 337 g/mol. The lowest BCUT2D eigenvalue weighted by Gasteiger charge is -2.07. The largest absolute Gasteiger partial charge is 0.469 e. The Bertz CT molecular complexity index is 579. The van der Waals surface area contributed by atoms with E-state index < -0.39 is 0 Å². The standard InChI is InChI=1S/C14H13BrN2O3/c15-11-5-3-10(4-6-11)14(19)17-16-13(18)8-7-12-2-1-9-20-12/h1-6,9H,7-8H2,(H,16,18)(H,17,19). The van der Waals surface area contributed by atoms with Gasteiger partial charge < -0.3 is 4.42 Å². The van der Waals surface area contributed by atoms with Gasteiger partial charge in [0, 0.05) is 22.9 Å². The third-order valence-corrected chi connectivity index (χ3v) is 3.13. The van der Waals surface area contributed by atoms with Crippen molar-refractivity contribution in [2.75, 3.05) is 0 Å². The van der Waals surface area contributed by atoms with Crippen molar-refractivity contribution in [2.24, 2.45) is 0 Å². The lowest BCUT2D eigenvalue weighted by atomic mass is 10.2. The molecular formula is C14H13BrN2O3. The summed E-state index contributed by atoms with van der Waals surface area (Å²) in [6.07, 6.45) is 2.30. The number of aryl methyl sites for hydroxylation is 1. The van der Waals surface area contributed by atoms with Gasteiger partial charge in [0.2, 0.25) is 5.91 Å². The third kappa shape index (κ3) is 4.24. The number of carbonyl (C=O) groups excluding carboxylic acids is 2. The van der Waals surface area contributed by atoms with Crippen LogP contribution in [0, 0.1) is 0 Å². The average Bonchev–Trinajstić information content (AvgIpc) is 2.96. The highest BCUT2D eigenvalue weighted by Crippen LogP contribution is 2.10. The lowest BCUT2D eigenvalue weighted by Crippen LogP contribution is -2.41. The Morgan fingerprint density at radius 1 is 1.10 bits per heavy atom. The van der Waals surface area contributed by atoms with Gasteiger partial charge in [0.15, 0.2) is 0 Å². The van der Waals surface area contributed by atoms with E-state index in [2.05, 4.69) is 26.8 Å². The van der Waals surface area contributed by atoms with E-state index in [4.69, 9.17) is 4.42 Å². The molecule has 20 heavy (non-hydrogen) atoms. The van der Waals surface area contributed by atoms with Gasteiger partial charge in [-0.3, -0.25) is 20.4 Å². The molecule has 0 aliphatic heterocycles. The summed E-state index contributed by atoms with van der Waals surface area (Å²) >= 11 is 3.29. The van der Waals surface area contributed by atoms with Crippen molar-refractivity contribution in [3.63, 3.8) is 0 Å². The first-order chi connectivity index (χ1) is 9.65. The summed E-state index contributed by atoms with van der Waals surface area (Å²) in [5.74, 6) is 0.107. The fraction of sp³-hybridized carbons (Fsp3) is 0.143. The molecule has 2 N–H and O–H groups in total. The maximum atomic E-state index is 11.7. The van der Waals surface area contributed by atoms with Crippen LogP contribution in [0.25, 0.3) is 0 Å². The molecule has 5 nitrogen and oxygen atoms in total. The Hall–Kier alpha value is -2.08. The van der Waals surface area contributed by atoms with E-state index in [1.165, 1.54) is 0 Å². The quantitative estimate of drug-likeness (QED) is 0.842. The van der Waals surface area contributed by atoms with Crippen molar-refractivity contribution in [2.45, 2.75) is 12.8 Å². The molecule has 1 heterocycles. The minimum Gasteiger partial charge on any atom is -0.469 e. The zero-order valence-electron chi connectivity index (χ0n) is 10.6. The molecule has 6 heteroatoms. The Morgan fingerprint density at radius 3 is 2.50 bits per heavy atom. The highest BCUT2D eigenvalue weighted by Gasteiger charge is 2.07. The summed E-state index contributed by atoms with van der Waals surface area (Å²) in [5, 5.41) is 0. The zero-order valence-corrected chi connectivity index (χ0v) is 12.1. The summed E-state index contributed by atoms with van der Waals surface area (Å²) in [6.45, 7) is 0. The van der Waals surface area contributed by atoms with Gasteiger partial charge in [-0.2, -0.15) is 0 Å². The second kappa shape index (κ2) is 6.91. The highest BCUT2D eigenvalue weighted by atomic mass is 79.9. The number of hydrogen-bond donors (Lipinski definition) is 2. The maximum Gasteiger partial charge on any atom is 0.269 e. The zero-order chi connectivity index (χ0) is 14.4. The van der Waals surface area contributed by atoms with Gasteiger partial charge in [-0.15, -0.1) is 0 Å². The second-order valence-electron chi connectivity index (χ2n) is 4.09. The fourth-order valence-electron chi connectivity index (χ4n) is 1.55. The molecular weight excluding hydrogens is 324 g/mol. The van der Waals surface area contributed by atoms with Gasteiger partial charge in [0.05, 0.1) is 6.26 Å². The number of benzene rings is 1. The Labute approximate surface area is 124 Å². The van der Waals surface area contributed by atoms with E-state index in [9.17, 15) is 9.59 Å². The van der Waals surface area contributed by atoms with Crippen LogP contribution in [0.5, 0.6) is 0 Å². The number of furan rings is 1. The van der Waals surface area contributed by atoms with Gasteiger partial charge in [0.1, 0.15) is 5.76 Å². The molecule has 0 radical (unpaired) electrons. The predicted molar refractivity (Wildman–Crippen MR) is 76.8 cm³/mol. The molecule has 2 amide bonds. The van der Waals surface area contributed by atoms with Crippen LogP contribution in [0.4, 0.5) is 0 Å². The van der Waals surface area contributed by atoms with Gasteiger partial charge in [-0.25, -0.2) is 0 Å². The molecule has 0 aliphatic carbocycles. The first-order valence-electron chi connectivity index (χ1n) is 6.02. The molecule has 2 aromatic rings. The van der Waals surface area contributed by atoms with E-state index in [-0.39, 0.29) is 18.2 Å². The first-order valence-corrected chi connectivity index (χ1v) is 6.81. The maximum absolute atomic E-state index is 11.7. The van der Waals surface area contributed by atoms with E-state index in [0.717, 1.165) is 10.2 Å². The molecule has 0 spiro atoms. The minimum atomic E-state index is -0.358. The van der Waals surface area contributed by atoms with E-state index in [1.807, 2.05) is 0 Å². The molecule has 0 fully saturated rings. The van der Waals surface area contributed by atoms with Crippen molar-refractivity contribution in [3.05, 3.63) is 58.5 Å². The summed E-state index contributed by atoms with van der Waals surface area (Å²) in [5.41, 5.74) is 5.20. The second-order valence-corrected chi connectivity index (χ2v) is 5.00. The molecule has 104 valence electrons. The summed E-state index contributed by atoms with van der Waals surface area (Å²) < 4.78 is 6.00. The van der Waals surface area contributed by atoms with Crippen molar-refractivity contribution >= 4 is 27.7 Å². The van der Waals surface area contributed by atoms with Crippen LogP contribution in [0.2, 0.25) is 0 Å². The highest BCUT2D eigenvalue weighted by molar-refractivity contribution is 9.10. The van der Waals surface area contributed by atoms with Crippen molar-refractivity contribution in [1.29, 1.82) is 0 Å². The molecule has 0 unspecified atom stereocenters. The van der Waals surface area contributed by atoms with Crippen molar-refractivity contribution < 1.29 is 14.0 Å². The topological polar surface area (TPSA) is 71.3 Å². The van der Waals surface area contributed by atoms with E-state index >= 15 is 0 Å². The summed E-state index contributed by atoms with van der Waals surface area (Å²) in [6, 6.07) is 10.4. The summed E-state index contributed by atoms with van der Waals surface area (Å²) in [4.78, 5) is 23.3. The van der Waals surface area contributed by atoms with Gasteiger partial charge in [0.25, 0.3) is 5.91 Å². The smallest absolute Gasteiger partial charge is 0.269 e. The Morgan fingerprint density at radius 2 is 1.85 bits per heavy atom. The number of hydrazine groups is 1. The van der Waals surface area contributed by atoms with Crippen LogP contribution in [0.1, 0.15) is 22.5 Å². The van der Waals surface area contributed by atoms with Gasteiger partial charge in [-0.05, 0) is 36.4 Å². The van der Waals surface area contributed by atoms with E-state index in [1.54, 1.807) is 42.7 Å². The molecule has 0 saturated heterocycles. The number of rotatable bonds is 4. The molecule has 1 aromatic carbocycles. The predicted octanol–water partition coefficient (Wildman–Crippen LogP) is 2.44. The Balaban J connectivity index is 1.75. The molecule has 1 aromatic heterocycles. The van der Waals surface area contributed by atoms with Crippen LogP contribution >= 0.6 is 15.9 Å². The SMILES string of the molecule is O=C(CCc1ccco1)NNC(=O)c1ccc(Br)cc1. The first kappa shape index (κ1) is 14.3. The van der Waals surface area contributed by atoms with Gasteiger partial charge in [-0.1, -0.05) is 15.9 Å². The fourth-order valence-corrected chi connectivity index (χ4v) is 1.82. The third-order valence-electron chi connectivity index (χ3n) is 2.60. The van der Waals surface area contributed by atoms with Crippen LogP contribution in [0.15, 0.2) is 51.6 Å². The number of hydrogen-bond acceptors (Lipinski definition) is 3. The molecule has 0 atom stereocenters. The van der Waals surface area contributed by atoms with E-state index in [0.29, 0.717) is 12.0 Å². The van der Waals surface area contributed by atoms with Crippen LogP contribution in [-0.4, -0.2) is 11.8 Å².